The van der Waals surface area contributed by atoms with Crippen molar-refractivity contribution in [2.24, 2.45) is 5.92 Å². The van der Waals surface area contributed by atoms with Gasteiger partial charge in [-0.3, -0.25) is 0 Å². The number of halogens is 1. The Kier molecular flexibility index (Phi) is 10.6. The number of methoxy groups -OCH3 is 1. The van der Waals surface area contributed by atoms with Gasteiger partial charge in [-0.15, -0.1) is 5.10 Å². The maximum absolute atomic E-state index is 13.9. The SMILES string of the molecule is COc1cc(S(C)(=O)=O)ccc1N(C(=O)OC(CC(C)C)OC(=O)C(C)(C)NC(=O)OC(C)(C)C)c1nc2ccc(Cl)cn2n1. The lowest BCUT2D eigenvalue weighted by molar-refractivity contribution is -0.176. The number of aromatic nitrogens is 3. The molecule has 0 aliphatic heterocycles. The van der Waals surface area contributed by atoms with Crippen molar-refractivity contribution in [2.45, 2.75) is 77.2 Å². The summed E-state index contributed by atoms with van der Waals surface area (Å²) in [6.45, 7) is 11.5. The third-order valence-electron chi connectivity index (χ3n) is 5.94. The lowest BCUT2D eigenvalue weighted by Gasteiger charge is -2.30. The number of alkyl carbamates (subject to hydrolysis) is 1. The van der Waals surface area contributed by atoms with E-state index in [0.29, 0.717) is 10.7 Å². The number of nitrogens with one attached hydrogen (secondary N) is 1. The molecule has 16 heteroatoms. The smallest absolute Gasteiger partial charge is 0.424 e. The molecule has 2 heterocycles. The van der Waals surface area contributed by atoms with Crippen LogP contribution in [0.5, 0.6) is 5.75 Å². The summed E-state index contributed by atoms with van der Waals surface area (Å²) in [5.74, 6) is -1.18. The number of benzene rings is 1. The van der Waals surface area contributed by atoms with E-state index < -0.39 is 45.4 Å². The van der Waals surface area contributed by atoms with Crippen molar-refractivity contribution in [3.8, 4) is 5.75 Å². The first-order valence-corrected chi connectivity index (χ1v) is 16.1. The average Bonchev–Trinajstić information content (AvgIpc) is 3.28. The van der Waals surface area contributed by atoms with Crippen LogP contribution in [0.25, 0.3) is 5.65 Å². The number of carbonyl (C=O) groups is 3. The Morgan fingerprint density at radius 3 is 2.31 bits per heavy atom. The van der Waals surface area contributed by atoms with Crippen molar-refractivity contribution < 1.29 is 41.7 Å². The molecule has 2 amide bonds. The van der Waals surface area contributed by atoms with Gasteiger partial charge >= 0.3 is 18.2 Å². The zero-order chi connectivity index (χ0) is 33.9. The second-order valence-electron chi connectivity index (χ2n) is 12.1. The number of rotatable bonds is 10. The van der Waals surface area contributed by atoms with E-state index in [0.717, 1.165) is 11.2 Å². The van der Waals surface area contributed by atoms with Crippen LogP contribution in [0.2, 0.25) is 5.02 Å². The molecule has 1 atom stereocenters. The van der Waals surface area contributed by atoms with Crippen molar-refractivity contribution >= 4 is 56.9 Å². The summed E-state index contributed by atoms with van der Waals surface area (Å²) in [7, 11) is -2.33. The lowest BCUT2D eigenvalue weighted by Crippen LogP contribution is -2.53. The van der Waals surface area contributed by atoms with Gasteiger partial charge in [-0.1, -0.05) is 25.4 Å². The van der Waals surface area contributed by atoms with Gasteiger partial charge in [0, 0.05) is 24.9 Å². The van der Waals surface area contributed by atoms with Gasteiger partial charge in [0.25, 0.3) is 5.95 Å². The molecule has 0 saturated heterocycles. The highest BCUT2D eigenvalue weighted by molar-refractivity contribution is 7.90. The monoisotopic (exact) mass is 667 g/mol. The third kappa shape index (κ3) is 9.44. The quantitative estimate of drug-likeness (QED) is 0.220. The van der Waals surface area contributed by atoms with Gasteiger partial charge < -0.3 is 24.3 Å². The van der Waals surface area contributed by atoms with E-state index in [9.17, 15) is 22.8 Å². The largest absolute Gasteiger partial charge is 0.495 e. The molecule has 0 fully saturated rings. The molecular formula is C29H38ClN5O9S. The van der Waals surface area contributed by atoms with Crippen LogP contribution >= 0.6 is 11.6 Å². The van der Waals surface area contributed by atoms with E-state index in [4.69, 9.17) is 30.5 Å². The molecule has 0 saturated carbocycles. The predicted octanol–water partition coefficient (Wildman–Crippen LogP) is 5.29. The number of hydrogen-bond acceptors (Lipinski definition) is 11. The summed E-state index contributed by atoms with van der Waals surface area (Å²) in [4.78, 5) is 44.8. The Morgan fingerprint density at radius 2 is 1.73 bits per heavy atom. The molecule has 3 rings (SSSR count). The minimum absolute atomic E-state index is 0.00754. The Morgan fingerprint density at radius 1 is 1.07 bits per heavy atom. The molecule has 1 aromatic carbocycles. The first-order chi connectivity index (χ1) is 20.7. The molecule has 14 nitrogen and oxygen atoms in total. The summed E-state index contributed by atoms with van der Waals surface area (Å²) < 4.78 is 47.8. The van der Waals surface area contributed by atoms with Crippen molar-refractivity contribution in [1.82, 2.24) is 19.9 Å². The number of sulfone groups is 1. The molecule has 0 aliphatic rings. The maximum Gasteiger partial charge on any atom is 0.424 e. The van der Waals surface area contributed by atoms with Crippen molar-refractivity contribution in [1.29, 1.82) is 0 Å². The predicted molar refractivity (Wildman–Crippen MR) is 166 cm³/mol. The molecule has 0 radical (unpaired) electrons. The number of carbonyl (C=O) groups excluding carboxylic acids is 3. The van der Waals surface area contributed by atoms with Crippen LogP contribution < -0.4 is 15.0 Å². The van der Waals surface area contributed by atoms with Gasteiger partial charge in [-0.25, -0.2) is 32.2 Å². The normalized spacial score (nSPS) is 12.9. The molecule has 2 aromatic heterocycles. The molecular weight excluding hydrogens is 630 g/mol. The van der Waals surface area contributed by atoms with Gasteiger partial charge in [0.05, 0.1) is 22.7 Å². The van der Waals surface area contributed by atoms with Gasteiger partial charge in [0.2, 0.25) is 6.29 Å². The summed E-state index contributed by atoms with van der Waals surface area (Å²) >= 11 is 6.11. The fourth-order valence-corrected chi connectivity index (χ4v) is 4.64. The van der Waals surface area contributed by atoms with Gasteiger partial charge in [-0.2, -0.15) is 4.98 Å². The summed E-state index contributed by atoms with van der Waals surface area (Å²) in [6, 6.07) is 7.04. The summed E-state index contributed by atoms with van der Waals surface area (Å²) in [6.07, 6.45) is -0.726. The van der Waals surface area contributed by atoms with E-state index >= 15 is 0 Å². The number of esters is 1. The highest BCUT2D eigenvalue weighted by Crippen LogP contribution is 2.36. The number of amides is 2. The molecule has 45 heavy (non-hydrogen) atoms. The number of hydrogen-bond donors (Lipinski definition) is 1. The standard InChI is InChI=1S/C29H38ClN5O9S/c1-17(2)14-23(42-24(36)29(6,7)32-26(37)44-28(3,4)5)43-27(38)35(25-31-22-13-10-18(30)16-34(22)33-25)20-12-11-19(45(9,39)40)15-21(20)41-8/h10-13,15-17,23H,14H2,1-9H3,(H,32,37). The van der Waals surface area contributed by atoms with Crippen LogP contribution in [0, 0.1) is 5.92 Å². The number of ether oxygens (including phenoxy) is 4. The summed E-state index contributed by atoms with van der Waals surface area (Å²) in [5.41, 5.74) is -1.99. The zero-order valence-electron chi connectivity index (χ0n) is 26.6. The zero-order valence-corrected chi connectivity index (χ0v) is 28.1. The number of pyridine rings is 1. The van der Waals surface area contributed by atoms with Crippen molar-refractivity contribution in [3.05, 3.63) is 41.6 Å². The second kappa shape index (κ2) is 13.5. The van der Waals surface area contributed by atoms with Gasteiger partial charge in [0.1, 0.15) is 16.9 Å². The number of fused-ring (bicyclic) bond motifs is 1. The number of anilines is 2. The Balaban J connectivity index is 2.01. The van der Waals surface area contributed by atoms with Crippen LogP contribution in [-0.4, -0.2) is 72.0 Å². The highest BCUT2D eigenvalue weighted by Gasteiger charge is 2.37. The highest BCUT2D eigenvalue weighted by atomic mass is 35.5. The average molecular weight is 668 g/mol. The van der Waals surface area contributed by atoms with Gasteiger partial charge in [-0.05, 0) is 64.8 Å². The minimum Gasteiger partial charge on any atom is -0.495 e. The topological polar surface area (TPSA) is 168 Å². The Hall–Kier alpha value is -4.11. The first kappa shape index (κ1) is 35.4. The fraction of sp³-hybridized carbons (Fsp3) is 0.483. The van der Waals surface area contributed by atoms with E-state index in [-0.39, 0.29) is 34.6 Å². The Bertz CT molecular complexity index is 1680. The van der Waals surface area contributed by atoms with Crippen LogP contribution in [0.1, 0.15) is 54.9 Å². The van der Waals surface area contributed by atoms with Gasteiger partial charge in [0.15, 0.2) is 15.5 Å². The van der Waals surface area contributed by atoms with E-state index in [1.165, 1.54) is 49.9 Å². The van der Waals surface area contributed by atoms with Crippen LogP contribution in [0.3, 0.4) is 0 Å². The van der Waals surface area contributed by atoms with E-state index in [1.807, 2.05) is 13.8 Å². The van der Waals surface area contributed by atoms with Crippen LogP contribution in [-0.2, 0) is 28.8 Å². The third-order valence-corrected chi connectivity index (χ3v) is 7.28. The summed E-state index contributed by atoms with van der Waals surface area (Å²) in [5, 5.41) is 7.17. The molecule has 0 aliphatic carbocycles. The van der Waals surface area contributed by atoms with E-state index in [2.05, 4.69) is 15.4 Å². The maximum atomic E-state index is 13.9. The minimum atomic E-state index is -3.63. The molecule has 246 valence electrons. The Labute approximate surface area is 266 Å². The lowest BCUT2D eigenvalue weighted by atomic mass is 10.1. The molecule has 3 aromatic rings. The molecule has 0 spiro atoms. The second-order valence-corrected chi connectivity index (χ2v) is 14.6. The van der Waals surface area contributed by atoms with Crippen molar-refractivity contribution in [2.75, 3.05) is 18.3 Å². The van der Waals surface area contributed by atoms with Crippen LogP contribution in [0.15, 0.2) is 41.4 Å². The fourth-order valence-electron chi connectivity index (χ4n) is 3.85. The van der Waals surface area contributed by atoms with Crippen LogP contribution in [0.4, 0.5) is 21.2 Å². The first-order valence-electron chi connectivity index (χ1n) is 13.8. The molecule has 1 N–H and O–H groups in total. The molecule has 0 bridgehead atoms. The number of nitrogens with zero attached hydrogens (tertiary/aromatic N) is 4. The van der Waals surface area contributed by atoms with E-state index in [1.54, 1.807) is 32.9 Å². The van der Waals surface area contributed by atoms with Crippen molar-refractivity contribution in [3.63, 3.8) is 0 Å². The molecule has 1 unspecified atom stereocenters.